The van der Waals surface area contributed by atoms with Crippen molar-refractivity contribution in [3.63, 3.8) is 0 Å². The number of carbonyl (C=O) groups is 1. The lowest BCUT2D eigenvalue weighted by molar-refractivity contribution is -0.136. The van der Waals surface area contributed by atoms with Crippen LogP contribution in [0.2, 0.25) is 0 Å². The summed E-state index contributed by atoms with van der Waals surface area (Å²) in [5, 5.41) is 0. The molecule has 0 aromatic heterocycles. The second-order valence-corrected chi connectivity index (χ2v) is 5.66. The summed E-state index contributed by atoms with van der Waals surface area (Å²) in [4.78, 5) is 14.5. The Morgan fingerprint density at radius 3 is 2.08 bits per heavy atom. The molecule has 2 aromatic carbocycles. The van der Waals surface area contributed by atoms with Gasteiger partial charge in [-0.2, -0.15) is 0 Å². The van der Waals surface area contributed by atoms with Gasteiger partial charge in [-0.3, -0.25) is 4.79 Å². The zero-order valence-electron chi connectivity index (χ0n) is 14.1. The van der Waals surface area contributed by atoms with Crippen molar-refractivity contribution in [1.82, 2.24) is 4.90 Å². The lowest BCUT2D eigenvalue weighted by Crippen LogP contribution is -2.37. The second-order valence-electron chi connectivity index (χ2n) is 5.66. The second kappa shape index (κ2) is 9.96. The van der Waals surface area contributed by atoms with E-state index in [0.29, 0.717) is 19.6 Å². The van der Waals surface area contributed by atoms with Crippen molar-refractivity contribution >= 4 is 18.3 Å². The number of hydrogen-bond acceptors (Lipinski definition) is 3. The molecule has 24 heavy (non-hydrogen) atoms. The number of halogens is 1. The fourth-order valence-corrected chi connectivity index (χ4v) is 2.38. The monoisotopic (exact) mass is 348 g/mol. The van der Waals surface area contributed by atoms with Gasteiger partial charge in [0.05, 0.1) is 7.11 Å². The Hall–Kier alpha value is -2.04. The summed E-state index contributed by atoms with van der Waals surface area (Å²) in [6, 6.07) is 17.8. The summed E-state index contributed by atoms with van der Waals surface area (Å²) in [6.07, 6.45) is 0. The minimum absolute atomic E-state index is 0. The highest BCUT2D eigenvalue weighted by Gasteiger charge is 2.20. The van der Waals surface area contributed by atoms with Gasteiger partial charge in [0.25, 0.3) is 0 Å². The molecule has 0 saturated heterocycles. The van der Waals surface area contributed by atoms with Gasteiger partial charge < -0.3 is 15.4 Å². The zero-order valence-corrected chi connectivity index (χ0v) is 15.0. The summed E-state index contributed by atoms with van der Waals surface area (Å²) < 4.78 is 5.18. The number of hydrogen-bond donors (Lipinski definition) is 1. The van der Waals surface area contributed by atoms with Crippen molar-refractivity contribution in [3.05, 3.63) is 65.7 Å². The largest absolute Gasteiger partial charge is 0.497 e. The molecule has 0 heterocycles. The highest BCUT2D eigenvalue weighted by atomic mass is 35.5. The first kappa shape index (κ1) is 20.0. The summed E-state index contributed by atoms with van der Waals surface area (Å²) in [6.45, 7) is 3.36. The molecule has 1 amide bonds. The molecule has 0 saturated carbocycles. The van der Waals surface area contributed by atoms with E-state index in [2.05, 4.69) is 0 Å². The minimum atomic E-state index is -0.183. The van der Waals surface area contributed by atoms with Crippen LogP contribution in [0.3, 0.4) is 0 Å². The van der Waals surface area contributed by atoms with E-state index in [9.17, 15) is 4.79 Å². The van der Waals surface area contributed by atoms with E-state index in [1.165, 1.54) is 0 Å². The number of rotatable bonds is 7. The van der Waals surface area contributed by atoms with Gasteiger partial charge in [0, 0.05) is 25.6 Å². The average molecular weight is 349 g/mol. The van der Waals surface area contributed by atoms with Gasteiger partial charge in [-0.25, -0.2) is 0 Å². The predicted octanol–water partition coefficient (Wildman–Crippen LogP) is 3.24. The molecule has 0 radical (unpaired) electrons. The molecule has 0 spiro atoms. The normalized spacial score (nSPS) is 11.3. The van der Waals surface area contributed by atoms with Crippen LogP contribution in [-0.4, -0.2) is 24.5 Å². The standard InChI is InChI=1S/C19H24N2O2.ClH/c1-15(12-20)19(22)21(13-16-6-4-3-5-7-16)14-17-8-10-18(23-2)11-9-17;/h3-11,15H,12-14,20H2,1-2H3;1H. The molecular formula is C19H25ClN2O2. The minimum Gasteiger partial charge on any atom is -0.497 e. The Labute approximate surface area is 150 Å². The third-order valence-corrected chi connectivity index (χ3v) is 3.84. The van der Waals surface area contributed by atoms with E-state index >= 15 is 0 Å². The number of nitrogens with two attached hydrogens (primary N) is 1. The maximum Gasteiger partial charge on any atom is 0.227 e. The van der Waals surface area contributed by atoms with Crippen LogP contribution in [-0.2, 0) is 17.9 Å². The Balaban J connectivity index is 0.00000288. The van der Waals surface area contributed by atoms with Crippen LogP contribution in [0.5, 0.6) is 5.75 Å². The lowest BCUT2D eigenvalue weighted by atomic mass is 10.1. The SMILES string of the molecule is COc1ccc(CN(Cc2ccccc2)C(=O)C(C)CN)cc1.Cl. The van der Waals surface area contributed by atoms with Crippen molar-refractivity contribution in [2.45, 2.75) is 20.0 Å². The quantitative estimate of drug-likeness (QED) is 0.835. The number of carbonyl (C=O) groups excluding carboxylic acids is 1. The van der Waals surface area contributed by atoms with Crippen molar-refractivity contribution in [1.29, 1.82) is 0 Å². The Morgan fingerprint density at radius 2 is 1.58 bits per heavy atom. The smallest absolute Gasteiger partial charge is 0.227 e. The summed E-state index contributed by atoms with van der Waals surface area (Å²) >= 11 is 0. The molecule has 1 atom stereocenters. The van der Waals surface area contributed by atoms with Crippen molar-refractivity contribution in [2.24, 2.45) is 11.7 Å². The van der Waals surface area contributed by atoms with Gasteiger partial charge in [-0.1, -0.05) is 49.4 Å². The number of ether oxygens (including phenoxy) is 1. The maximum absolute atomic E-state index is 12.6. The average Bonchev–Trinajstić information content (AvgIpc) is 2.61. The van der Waals surface area contributed by atoms with Gasteiger partial charge in [-0.15, -0.1) is 12.4 Å². The van der Waals surface area contributed by atoms with Crippen LogP contribution in [0.15, 0.2) is 54.6 Å². The molecule has 0 bridgehead atoms. The molecule has 0 aliphatic rings. The van der Waals surface area contributed by atoms with E-state index in [1.807, 2.05) is 66.4 Å². The summed E-state index contributed by atoms with van der Waals surface area (Å²) in [7, 11) is 1.64. The fourth-order valence-electron chi connectivity index (χ4n) is 2.38. The lowest BCUT2D eigenvalue weighted by Gasteiger charge is -2.26. The maximum atomic E-state index is 12.6. The van der Waals surface area contributed by atoms with Crippen molar-refractivity contribution in [3.8, 4) is 5.75 Å². The van der Waals surface area contributed by atoms with Crippen LogP contribution >= 0.6 is 12.4 Å². The number of nitrogens with zero attached hydrogens (tertiary/aromatic N) is 1. The molecule has 5 heteroatoms. The molecule has 2 N–H and O–H groups in total. The molecule has 0 fully saturated rings. The van der Waals surface area contributed by atoms with Crippen LogP contribution in [0.4, 0.5) is 0 Å². The third kappa shape index (κ3) is 5.55. The molecule has 1 unspecified atom stereocenters. The van der Waals surface area contributed by atoms with Crippen LogP contribution in [0.25, 0.3) is 0 Å². The van der Waals surface area contributed by atoms with Crippen molar-refractivity contribution < 1.29 is 9.53 Å². The van der Waals surface area contributed by atoms with Crippen molar-refractivity contribution in [2.75, 3.05) is 13.7 Å². The Morgan fingerprint density at radius 1 is 1.04 bits per heavy atom. The highest BCUT2D eigenvalue weighted by molar-refractivity contribution is 5.85. The first-order chi connectivity index (χ1) is 11.1. The summed E-state index contributed by atoms with van der Waals surface area (Å²) in [5.74, 6) is 0.703. The van der Waals surface area contributed by atoms with Crippen LogP contribution in [0.1, 0.15) is 18.1 Å². The van der Waals surface area contributed by atoms with Gasteiger partial charge in [0.15, 0.2) is 0 Å². The van der Waals surface area contributed by atoms with Gasteiger partial charge in [-0.05, 0) is 23.3 Å². The number of methoxy groups -OCH3 is 1. The molecule has 0 aliphatic carbocycles. The molecule has 2 aromatic rings. The Kier molecular flexibility index (Phi) is 8.30. The zero-order chi connectivity index (χ0) is 16.7. The van der Waals surface area contributed by atoms with E-state index < -0.39 is 0 Å². The first-order valence-corrected chi connectivity index (χ1v) is 7.79. The van der Waals surface area contributed by atoms with E-state index in [0.717, 1.165) is 16.9 Å². The topological polar surface area (TPSA) is 55.6 Å². The number of benzene rings is 2. The molecule has 2 rings (SSSR count). The molecular weight excluding hydrogens is 324 g/mol. The molecule has 4 nitrogen and oxygen atoms in total. The van der Waals surface area contributed by atoms with Gasteiger partial charge >= 0.3 is 0 Å². The number of amides is 1. The van der Waals surface area contributed by atoms with Gasteiger partial charge in [0.1, 0.15) is 5.75 Å². The van der Waals surface area contributed by atoms with Gasteiger partial charge in [0.2, 0.25) is 5.91 Å². The molecule has 0 aliphatic heterocycles. The van der Waals surface area contributed by atoms with Crippen LogP contribution < -0.4 is 10.5 Å². The first-order valence-electron chi connectivity index (χ1n) is 7.79. The Bertz CT molecular complexity index is 617. The highest BCUT2D eigenvalue weighted by Crippen LogP contribution is 2.16. The fraction of sp³-hybridized carbons (Fsp3) is 0.316. The van der Waals surface area contributed by atoms with E-state index in [1.54, 1.807) is 7.11 Å². The van der Waals surface area contributed by atoms with Crippen LogP contribution in [0, 0.1) is 5.92 Å². The summed E-state index contributed by atoms with van der Waals surface area (Å²) in [5.41, 5.74) is 7.85. The van der Waals surface area contributed by atoms with E-state index in [4.69, 9.17) is 10.5 Å². The molecule has 130 valence electrons. The third-order valence-electron chi connectivity index (χ3n) is 3.84. The predicted molar refractivity (Wildman–Crippen MR) is 99.2 cm³/mol. The van der Waals surface area contributed by atoms with E-state index in [-0.39, 0.29) is 24.2 Å².